The van der Waals surface area contributed by atoms with Gasteiger partial charge in [0.2, 0.25) is 0 Å². The molecule has 1 aliphatic rings. The normalized spacial score (nSPS) is 14.9. The molecular weight excluding hydrogens is 347 g/mol. The summed E-state index contributed by atoms with van der Waals surface area (Å²) in [6.07, 6.45) is 4.99. The zero-order valence-electron chi connectivity index (χ0n) is 14.7. The fourth-order valence-electron chi connectivity index (χ4n) is 3.23. The molecule has 6 nitrogen and oxygen atoms in total. The average Bonchev–Trinajstić information content (AvgIpc) is 3.24. The zero-order valence-corrected chi connectivity index (χ0v) is 14.7. The van der Waals surface area contributed by atoms with Gasteiger partial charge in [0.05, 0.1) is 18.4 Å². The number of carbonyl (C=O) groups is 1. The molecule has 27 heavy (non-hydrogen) atoms. The van der Waals surface area contributed by atoms with Crippen molar-refractivity contribution < 1.29 is 13.9 Å². The van der Waals surface area contributed by atoms with E-state index >= 15 is 0 Å². The number of hydrogen-bond acceptors (Lipinski definition) is 4. The SMILES string of the molecule is O=C(c1cccc(Oc2ccc(F)cc2)c1)N1CCC(n2nccn2)CC1. The van der Waals surface area contributed by atoms with Gasteiger partial charge in [0.15, 0.2) is 0 Å². The summed E-state index contributed by atoms with van der Waals surface area (Å²) in [7, 11) is 0. The quantitative estimate of drug-likeness (QED) is 0.707. The number of halogens is 1. The summed E-state index contributed by atoms with van der Waals surface area (Å²) < 4.78 is 18.7. The number of rotatable bonds is 4. The third-order valence-corrected chi connectivity index (χ3v) is 4.65. The number of aromatic nitrogens is 3. The van der Waals surface area contributed by atoms with Crippen LogP contribution in [0.15, 0.2) is 60.9 Å². The number of carbonyl (C=O) groups excluding carboxylic acids is 1. The molecule has 0 atom stereocenters. The predicted octanol–water partition coefficient (Wildman–Crippen LogP) is 3.69. The van der Waals surface area contributed by atoms with Crippen molar-refractivity contribution in [2.75, 3.05) is 13.1 Å². The minimum absolute atomic E-state index is 0.0218. The summed E-state index contributed by atoms with van der Waals surface area (Å²) in [5.41, 5.74) is 0.574. The van der Waals surface area contributed by atoms with Gasteiger partial charge in [-0.25, -0.2) is 4.39 Å². The van der Waals surface area contributed by atoms with Crippen molar-refractivity contribution in [1.82, 2.24) is 19.9 Å². The van der Waals surface area contributed by atoms with Crippen molar-refractivity contribution >= 4 is 5.91 Å². The number of ether oxygens (including phenoxy) is 1. The Morgan fingerprint density at radius 1 is 1.00 bits per heavy atom. The molecule has 7 heteroatoms. The Balaban J connectivity index is 1.41. The average molecular weight is 366 g/mol. The highest BCUT2D eigenvalue weighted by molar-refractivity contribution is 5.94. The number of nitrogens with zero attached hydrogens (tertiary/aromatic N) is 4. The van der Waals surface area contributed by atoms with Crippen LogP contribution in [0, 0.1) is 5.82 Å². The van der Waals surface area contributed by atoms with Crippen LogP contribution in [0.2, 0.25) is 0 Å². The van der Waals surface area contributed by atoms with Crippen molar-refractivity contribution in [2.45, 2.75) is 18.9 Å². The smallest absolute Gasteiger partial charge is 0.253 e. The summed E-state index contributed by atoms with van der Waals surface area (Å²) in [5.74, 6) is 0.725. The van der Waals surface area contributed by atoms with E-state index in [4.69, 9.17) is 4.74 Å². The van der Waals surface area contributed by atoms with E-state index in [2.05, 4.69) is 10.2 Å². The monoisotopic (exact) mass is 366 g/mol. The third-order valence-electron chi connectivity index (χ3n) is 4.65. The number of benzene rings is 2. The van der Waals surface area contributed by atoms with Crippen molar-refractivity contribution in [3.8, 4) is 11.5 Å². The van der Waals surface area contributed by atoms with Crippen molar-refractivity contribution in [2.24, 2.45) is 0 Å². The van der Waals surface area contributed by atoms with E-state index in [0.717, 1.165) is 12.8 Å². The predicted molar refractivity (Wildman–Crippen MR) is 97.1 cm³/mol. The maximum Gasteiger partial charge on any atom is 0.253 e. The largest absolute Gasteiger partial charge is 0.457 e. The maximum atomic E-state index is 13.0. The Hall–Kier alpha value is -3.22. The molecular formula is C20H19FN4O2. The van der Waals surface area contributed by atoms with E-state index in [-0.39, 0.29) is 17.8 Å². The summed E-state index contributed by atoms with van der Waals surface area (Å²) in [6, 6.07) is 13.1. The van der Waals surface area contributed by atoms with Crippen LogP contribution in [-0.2, 0) is 0 Å². The maximum absolute atomic E-state index is 13.0. The van der Waals surface area contributed by atoms with Crippen molar-refractivity contribution in [3.63, 3.8) is 0 Å². The number of likely N-dealkylation sites (tertiary alicyclic amines) is 1. The Morgan fingerprint density at radius 3 is 2.41 bits per heavy atom. The minimum atomic E-state index is -0.319. The van der Waals surface area contributed by atoms with E-state index in [0.29, 0.717) is 30.2 Å². The van der Waals surface area contributed by atoms with Crippen LogP contribution in [0.25, 0.3) is 0 Å². The first-order valence-corrected chi connectivity index (χ1v) is 8.87. The van der Waals surface area contributed by atoms with Crippen molar-refractivity contribution in [3.05, 3.63) is 72.3 Å². The summed E-state index contributed by atoms with van der Waals surface area (Å²) in [5, 5.41) is 8.37. The van der Waals surface area contributed by atoms with Crippen LogP contribution in [0.1, 0.15) is 29.2 Å². The van der Waals surface area contributed by atoms with E-state index < -0.39 is 0 Å². The second-order valence-electron chi connectivity index (χ2n) is 6.46. The molecule has 0 spiro atoms. The van der Waals surface area contributed by atoms with Gasteiger partial charge in [-0.2, -0.15) is 15.0 Å². The lowest BCUT2D eigenvalue weighted by Gasteiger charge is -2.31. The van der Waals surface area contributed by atoms with Crippen LogP contribution in [0.4, 0.5) is 4.39 Å². The van der Waals surface area contributed by atoms with E-state index in [1.807, 2.05) is 4.90 Å². The van der Waals surface area contributed by atoms with E-state index in [1.54, 1.807) is 53.6 Å². The lowest BCUT2D eigenvalue weighted by Crippen LogP contribution is -2.39. The van der Waals surface area contributed by atoms with Gasteiger partial charge in [-0.1, -0.05) is 6.07 Å². The topological polar surface area (TPSA) is 60.2 Å². The molecule has 1 amide bonds. The first-order chi connectivity index (χ1) is 13.2. The molecule has 1 fully saturated rings. The Labute approximate surface area is 156 Å². The zero-order chi connectivity index (χ0) is 18.6. The molecule has 2 heterocycles. The van der Waals surface area contributed by atoms with Gasteiger partial charge >= 0.3 is 0 Å². The molecule has 1 aliphatic heterocycles. The number of hydrogen-bond donors (Lipinski definition) is 0. The summed E-state index contributed by atoms with van der Waals surface area (Å²) in [6.45, 7) is 1.32. The molecule has 1 aromatic heterocycles. The third kappa shape index (κ3) is 3.97. The standard InChI is InChI=1S/C20H19FN4O2/c21-16-4-6-18(7-5-16)27-19-3-1-2-15(14-19)20(26)24-12-8-17(9-13-24)25-22-10-11-23-25/h1-7,10-11,14,17H,8-9,12-13H2. The molecule has 3 aromatic rings. The van der Waals surface area contributed by atoms with Crippen LogP contribution in [0.3, 0.4) is 0 Å². The fourth-order valence-corrected chi connectivity index (χ4v) is 3.23. The summed E-state index contributed by atoms with van der Waals surface area (Å²) >= 11 is 0. The lowest BCUT2D eigenvalue weighted by molar-refractivity contribution is 0.0683. The van der Waals surface area contributed by atoms with E-state index in [9.17, 15) is 9.18 Å². The van der Waals surface area contributed by atoms with Gasteiger partial charge < -0.3 is 9.64 Å². The number of piperidine rings is 1. The molecule has 1 saturated heterocycles. The van der Waals surface area contributed by atoms with Gasteiger partial charge in [0, 0.05) is 18.7 Å². The van der Waals surface area contributed by atoms with Gasteiger partial charge in [-0.15, -0.1) is 0 Å². The Morgan fingerprint density at radius 2 is 1.70 bits per heavy atom. The Kier molecular flexibility index (Phi) is 4.82. The molecule has 0 aliphatic carbocycles. The molecule has 0 bridgehead atoms. The van der Waals surface area contributed by atoms with Crippen LogP contribution in [0.5, 0.6) is 11.5 Å². The molecule has 0 unspecified atom stereocenters. The second-order valence-corrected chi connectivity index (χ2v) is 6.46. The molecule has 0 N–H and O–H groups in total. The highest BCUT2D eigenvalue weighted by Gasteiger charge is 2.25. The number of amides is 1. The first kappa shape index (κ1) is 17.2. The minimum Gasteiger partial charge on any atom is -0.457 e. The highest BCUT2D eigenvalue weighted by atomic mass is 19.1. The van der Waals surface area contributed by atoms with Gasteiger partial charge in [0.25, 0.3) is 5.91 Å². The van der Waals surface area contributed by atoms with Crippen LogP contribution < -0.4 is 4.74 Å². The van der Waals surface area contributed by atoms with E-state index in [1.165, 1.54) is 12.1 Å². The van der Waals surface area contributed by atoms with Crippen LogP contribution >= 0.6 is 0 Å². The molecule has 138 valence electrons. The Bertz CT molecular complexity index is 904. The molecule has 0 saturated carbocycles. The van der Waals surface area contributed by atoms with Gasteiger partial charge in [-0.3, -0.25) is 4.79 Å². The lowest BCUT2D eigenvalue weighted by atomic mass is 10.0. The second kappa shape index (κ2) is 7.57. The fraction of sp³-hybridized carbons (Fsp3) is 0.250. The molecule has 4 rings (SSSR count). The van der Waals surface area contributed by atoms with Crippen LogP contribution in [-0.4, -0.2) is 38.9 Å². The molecule has 2 aromatic carbocycles. The van der Waals surface area contributed by atoms with Crippen molar-refractivity contribution in [1.29, 1.82) is 0 Å². The first-order valence-electron chi connectivity index (χ1n) is 8.87. The highest BCUT2D eigenvalue weighted by Crippen LogP contribution is 2.25. The molecule has 0 radical (unpaired) electrons. The summed E-state index contributed by atoms with van der Waals surface area (Å²) in [4.78, 5) is 16.4. The van der Waals surface area contributed by atoms with Gasteiger partial charge in [0.1, 0.15) is 17.3 Å². The van der Waals surface area contributed by atoms with Gasteiger partial charge in [-0.05, 0) is 55.3 Å².